The summed E-state index contributed by atoms with van der Waals surface area (Å²) in [6, 6.07) is 30.0. The van der Waals surface area contributed by atoms with E-state index in [9.17, 15) is 0 Å². The van der Waals surface area contributed by atoms with Gasteiger partial charge in [0.05, 0.1) is 0 Å². The van der Waals surface area contributed by atoms with Gasteiger partial charge in [0.25, 0.3) is 0 Å². The van der Waals surface area contributed by atoms with E-state index in [1.807, 2.05) is 18.2 Å². The van der Waals surface area contributed by atoms with Crippen molar-refractivity contribution in [3.63, 3.8) is 0 Å². The Morgan fingerprint density at radius 1 is 0.760 bits per heavy atom. The zero-order valence-electron chi connectivity index (χ0n) is 14.3. The Morgan fingerprint density at radius 3 is 2.08 bits per heavy atom. The minimum atomic E-state index is 0.594. The van der Waals surface area contributed by atoms with Gasteiger partial charge in [0.15, 0.2) is 0 Å². The summed E-state index contributed by atoms with van der Waals surface area (Å²) in [5, 5.41) is 3.65. The average molecular weight is 329 g/mol. The molecule has 0 saturated heterocycles. The molecule has 0 spiro atoms. The van der Waals surface area contributed by atoms with E-state index in [1.165, 1.54) is 23.1 Å². The molecule has 0 aromatic heterocycles. The van der Waals surface area contributed by atoms with Crippen LogP contribution in [0.3, 0.4) is 0 Å². The molecule has 0 bridgehead atoms. The van der Waals surface area contributed by atoms with Gasteiger partial charge in [0.1, 0.15) is 12.4 Å². The van der Waals surface area contributed by atoms with Crippen LogP contribution in [0.5, 0.6) is 5.75 Å². The fraction of sp³-hybridized carbons (Fsp3) is 0.217. The maximum atomic E-state index is 5.86. The Labute approximate surface area is 149 Å². The van der Waals surface area contributed by atoms with E-state index in [0.29, 0.717) is 18.6 Å². The highest BCUT2D eigenvalue weighted by Gasteiger charge is 2.37. The molecule has 0 heterocycles. The van der Waals surface area contributed by atoms with Gasteiger partial charge in [0, 0.05) is 18.5 Å². The zero-order valence-corrected chi connectivity index (χ0v) is 14.3. The van der Waals surface area contributed by atoms with Gasteiger partial charge in [-0.05, 0) is 35.2 Å². The summed E-state index contributed by atoms with van der Waals surface area (Å²) in [5.41, 5.74) is 3.94. The predicted octanol–water partition coefficient (Wildman–Crippen LogP) is 4.91. The first-order valence-corrected chi connectivity index (χ1v) is 8.92. The lowest BCUT2D eigenvalue weighted by molar-refractivity contribution is 0.306. The second kappa shape index (κ2) is 7.54. The van der Waals surface area contributed by atoms with Crippen molar-refractivity contribution in [1.82, 2.24) is 5.32 Å². The van der Waals surface area contributed by atoms with Gasteiger partial charge in [-0.1, -0.05) is 72.8 Å². The first kappa shape index (κ1) is 15.9. The average Bonchev–Trinajstić information content (AvgIpc) is 3.47. The molecule has 1 saturated carbocycles. The van der Waals surface area contributed by atoms with Crippen LogP contribution in [-0.4, -0.2) is 6.04 Å². The molecule has 1 aliphatic carbocycles. The van der Waals surface area contributed by atoms with Gasteiger partial charge in [0.2, 0.25) is 0 Å². The minimum Gasteiger partial charge on any atom is -0.489 e. The summed E-state index contributed by atoms with van der Waals surface area (Å²) >= 11 is 0. The molecular formula is C23H23NO. The highest BCUT2D eigenvalue weighted by Crippen LogP contribution is 2.41. The first-order chi connectivity index (χ1) is 12.4. The summed E-state index contributed by atoms with van der Waals surface area (Å²) in [6.45, 7) is 1.56. The van der Waals surface area contributed by atoms with Gasteiger partial charge in [-0.25, -0.2) is 0 Å². The fourth-order valence-electron chi connectivity index (χ4n) is 3.19. The third-order valence-electron chi connectivity index (χ3n) is 4.76. The predicted molar refractivity (Wildman–Crippen MR) is 102 cm³/mol. The maximum absolute atomic E-state index is 5.86. The lowest BCUT2D eigenvalue weighted by Crippen LogP contribution is -2.17. The van der Waals surface area contributed by atoms with E-state index in [0.717, 1.165) is 12.3 Å². The van der Waals surface area contributed by atoms with Gasteiger partial charge < -0.3 is 10.1 Å². The Bertz CT molecular complexity index is 783. The van der Waals surface area contributed by atoms with Gasteiger partial charge in [-0.3, -0.25) is 0 Å². The van der Waals surface area contributed by atoms with E-state index in [2.05, 4.69) is 72.0 Å². The van der Waals surface area contributed by atoms with Crippen LogP contribution in [0.2, 0.25) is 0 Å². The monoisotopic (exact) mass is 329 g/mol. The molecule has 1 aliphatic rings. The number of benzene rings is 3. The molecule has 1 fully saturated rings. The Balaban J connectivity index is 1.27. The van der Waals surface area contributed by atoms with Gasteiger partial charge >= 0.3 is 0 Å². The Hall–Kier alpha value is -2.58. The molecule has 0 radical (unpaired) electrons. The van der Waals surface area contributed by atoms with E-state index >= 15 is 0 Å². The standard InChI is InChI=1S/C23H23NO/c1-3-7-18(8-4-1)16-24-23-15-22(23)20-11-13-21(14-12-20)25-17-19-9-5-2-6-10-19/h1-14,22-24H,15-17H2. The van der Waals surface area contributed by atoms with Crippen LogP contribution in [0, 0.1) is 0 Å². The number of ether oxygens (including phenoxy) is 1. The van der Waals surface area contributed by atoms with Crippen LogP contribution in [0.4, 0.5) is 0 Å². The Kier molecular flexibility index (Phi) is 4.80. The van der Waals surface area contributed by atoms with Crippen molar-refractivity contribution >= 4 is 0 Å². The Morgan fingerprint density at radius 2 is 1.40 bits per heavy atom. The molecule has 126 valence electrons. The molecule has 1 N–H and O–H groups in total. The van der Waals surface area contributed by atoms with Gasteiger partial charge in [-0.2, -0.15) is 0 Å². The normalized spacial score (nSPS) is 18.7. The van der Waals surface area contributed by atoms with E-state index in [-0.39, 0.29) is 0 Å². The summed E-state index contributed by atoms with van der Waals surface area (Å²) in [7, 11) is 0. The zero-order chi connectivity index (χ0) is 16.9. The van der Waals surface area contributed by atoms with Crippen LogP contribution < -0.4 is 10.1 Å². The number of nitrogens with one attached hydrogen (secondary N) is 1. The van der Waals surface area contributed by atoms with Crippen molar-refractivity contribution in [3.05, 3.63) is 102 Å². The summed E-state index contributed by atoms with van der Waals surface area (Å²) < 4.78 is 5.86. The van der Waals surface area contributed by atoms with Crippen LogP contribution in [0.1, 0.15) is 29.0 Å². The van der Waals surface area contributed by atoms with Crippen LogP contribution in [-0.2, 0) is 13.2 Å². The topological polar surface area (TPSA) is 21.3 Å². The van der Waals surface area contributed by atoms with Crippen molar-refractivity contribution in [2.24, 2.45) is 0 Å². The van der Waals surface area contributed by atoms with Crippen molar-refractivity contribution in [2.45, 2.75) is 31.5 Å². The van der Waals surface area contributed by atoms with E-state index in [1.54, 1.807) is 0 Å². The minimum absolute atomic E-state index is 0.594. The molecule has 2 heteroatoms. The highest BCUT2D eigenvalue weighted by molar-refractivity contribution is 5.34. The van der Waals surface area contributed by atoms with Crippen LogP contribution >= 0.6 is 0 Å². The summed E-state index contributed by atoms with van der Waals surface area (Å²) in [6.07, 6.45) is 1.22. The molecule has 25 heavy (non-hydrogen) atoms. The molecule has 2 atom stereocenters. The molecule has 2 nitrogen and oxygen atoms in total. The van der Waals surface area contributed by atoms with Crippen LogP contribution in [0.25, 0.3) is 0 Å². The first-order valence-electron chi connectivity index (χ1n) is 8.92. The fourth-order valence-corrected chi connectivity index (χ4v) is 3.19. The summed E-state index contributed by atoms with van der Waals surface area (Å²) in [5.74, 6) is 1.56. The van der Waals surface area contributed by atoms with E-state index in [4.69, 9.17) is 4.74 Å². The lowest BCUT2D eigenvalue weighted by Gasteiger charge is -2.08. The maximum Gasteiger partial charge on any atom is 0.119 e. The molecule has 3 aromatic carbocycles. The summed E-state index contributed by atoms with van der Waals surface area (Å²) in [4.78, 5) is 0. The van der Waals surface area contributed by atoms with E-state index < -0.39 is 0 Å². The third kappa shape index (κ3) is 4.28. The lowest BCUT2D eigenvalue weighted by atomic mass is 10.1. The number of hydrogen-bond donors (Lipinski definition) is 1. The largest absolute Gasteiger partial charge is 0.489 e. The third-order valence-corrected chi connectivity index (χ3v) is 4.76. The highest BCUT2D eigenvalue weighted by atomic mass is 16.5. The smallest absolute Gasteiger partial charge is 0.119 e. The molecule has 3 aromatic rings. The molecule has 4 rings (SSSR count). The van der Waals surface area contributed by atoms with Gasteiger partial charge in [-0.15, -0.1) is 0 Å². The molecular weight excluding hydrogens is 306 g/mol. The van der Waals surface area contributed by atoms with Crippen molar-refractivity contribution in [1.29, 1.82) is 0 Å². The SMILES string of the molecule is c1ccc(CNC2CC2c2ccc(OCc3ccccc3)cc2)cc1. The number of hydrogen-bond acceptors (Lipinski definition) is 2. The van der Waals surface area contributed by atoms with Crippen molar-refractivity contribution < 1.29 is 4.74 Å². The van der Waals surface area contributed by atoms with Crippen molar-refractivity contribution in [3.8, 4) is 5.75 Å². The second-order valence-electron chi connectivity index (χ2n) is 6.66. The number of rotatable bonds is 7. The second-order valence-corrected chi connectivity index (χ2v) is 6.66. The molecule has 2 unspecified atom stereocenters. The van der Waals surface area contributed by atoms with Crippen molar-refractivity contribution in [2.75, 3.05) is 0 Å². The quantitative estimate of drug-likeness (QED) is 0.665. The molecule has 0 aliphatic heterocycles. The molecule has 0 amide bonds. The van der Waals surface area contributed by atoms with Crippen LogP contribution in [0.15, 0.2) is 84.9 Å².